The lowest BCUT2D eigenvalue weighted by atomic mass is 10.0. The molecule has 0 aliphatic heterocycles. The molecule has 0 saturated heterocycles. The largest absolute Gasteiger partial charge is 0.360 e. The van der Waals surface area contributed by atoms with Crippen LogP contribution in [-0.2, 0) is 6.54 Å². The maximum absolute atomic E-state index is 12.0. The highest BCUT2D eigenvalue weighted by Crippen LogP contribution is 2.10. The van der Waals surface area contributed by atoms with Crippen LogP contribution in [0.5, 0.6) is 0 Å². The van der Waals surface area contributed by atoms with Gasteiger partial charge in [0.2, 0.25) is 0 Å². The molecule has 0 saturated carbocycles. The Labute approximate surface area is 117 Å². The normalized spacial score (nSPS) is 9.70. The maximum Gasteiger partial charge on any atom is 0.251 e. The second kappa shape index (κ2) is 6.55. The van der Waals surface area contributed by atoms with E-state index in [-0.39, 0.29) is 5.91 Å². The van der Waals surface area contributed by atoms with Crippen LogP contribution >= 0.6 is 0 Å². The van der Waals surface area contributed by atoms with Gasteiger partial charge in [0.05, 0.1) is 19.3 Å². The Kier molecular flexibility index (Phi) is 4.53. The van der Waals surface area contributed by atoms with Gasteiger partial charge >= 0.3 is 0 Å². The second-order valence-corrected chi connectivity index (χ2v) is 4.20. The van der Waals surface area contributed by atoms with E-state index in [1.807, 2.05) is 13.0 Å². The number of rotatable bonds is 3. The molecule has 102 valence electrons. The fourth-order valence-corrected chi connectivity index (χ4v) is 1.65. The van der Waals surface area contributed by atoms with E-state index >= 15 is 0 Å². The molecule has 5 nitrogen and oxygen atoms in total. The molecule has 0 aliphatic rings. The summed E-state index contributed by atoms with van der Waals surface area (Å²) in [7, 11) is 0. The number of hydrogen-bond donors (Lipinski definition) is 2. The van der Waals surface area contributed by atoms with Crippen LogP contribution in [-0.4, -0.2) is 17.6 Å². The molecule has 0 bridgehead atoms. The molecule has 0 aliphatic carbocycles. The number of nitrogens with two attached hydrogens (primary N) is 1. The van der Waals surface area contributed by atoms with Crippen LogP contribution in [0.25, 0.3) is 0 Å². The summed E-state index contributed by atoms with van der Waals surface area (Å²) in [6.07, 6.45) is 1.54. The fourth-order valence-electron chi connectivity index (χ4n) is 1.65. The summed E-state index contributed by atoms with van der Waals surface area (Å²) in [4.78, 5) is 12.0. The van der Waals surface area contributed by atoms with Gasteiger partial charge in [-0.25, -0.2) is 0 Å². The highest BCUT2D eigenvalue weighted by atomic mass is 16.5. The lowest BCUT2D eigenvalue weighted by molar-refractivity contribution is 0.0947. The molecule has 0 unspecified atom stereocenters. The van der Waals surface area contributed by atoms with Crippen molar-refractivity contribution in [2.45, 2.75) is 13.5 Å². The van der Waals surface area contributed by atoms with Gasteiger partial charge in [0, 0.05) is 17.2 Å². The molecule has 2 rings (SSSR count). The zero-order valence-corrected chi connectivity index (χ0v) is 11.1. The Morgan fingerprint density at radius 2 is 2.30 bits per heavy atom. The van der Waals surface area contributed by atoms with Crippen molar-refractivity contribution in [2.75, 3.05) is 6.54 Å². The summed E-state index contributed by atoms with van der Waals surface area (Å²) in [5.74, 6) is 6.16. The van der Waals surface area contributed by atoms with Crippen LogP contribution in [0.15, 0.2) is 35.0 Å². The average Bonchev–Trinajstić information content (AvgIpc) is 2.97. The molecular weight excluding hydrogens is 254 g/mol. The Hall–Kier alpha value is -2.58. The summed E-state index contributed by atoms with van der Waals surface area (Å²) in [5.41, 5.74) is 7.73. The minimum absolute atomic E-state index is 0.183. The van der Waals surface area contributed by atoms with Gasteiger partial charge in [-0.3, -0.25) is 4.79 Å². The van der Waals surface area contributed by atoms with Gasteiger partial charge in [-0.2, -0.15) is 0 Å². The van der Waals surface area contributed by atoms with Gasteiger partial charge in [0.1, 0.15) is 0 Å². The van der Waals surface area contributed by atoms with E-state index in [1.54, 1.807) is 18.2 Å². The van der Waals surface area contributed by atoms with Crippen LogP contribution < -0.4 is 11.1 Å². The SMILES string of the molecule is Cc1ccc(C(=O)NCc2ccno2)cc1C#CCN. The smallest absolute Gasteiger partial charge is 0.251 e. The van der Waals surface area contributed by atoms with E-state index < -0.39 is 0 Å². The van der Waals surface area contributed by atoms with Crippen LogP contribution in [0.1, 0.15) is 27.2 Å². The number of carbonyl (C=O) groups is 1. The van der Waals surface area contributed by atoms with Gasteiger partial charge in [0.25, 0.3) is 5.91 Å². The molecular formula is C15H15N3O2. The summed E-state index contributed by atoms with van der Waals surface area (Å²) in [6, 6.07) is 7.09. The van der Waals surface area contributed by atoms with Crippen LogP contribution in [0.2, 0.25) is 0 Å². The second-order valence-electron chi connectivity index (χ2n) is 4.20. The Bertz CT molecular complexity index is 651. The highest BCUT2D eigenvalue weighted by Gasteiger charge is 2.08. The minimum Gasteiger partial charge on any atom is -0.360 e. The molecule has 0 radical (unpaired) electrons. The van der Waals surface area contributed by atoms with Crippen molar-refractivity contribution in [1.29, 1.82) is 0 Å². The first-order valence-electron chi connectivity index (χ1n) is 6.18. The van der Waals surface area contributed by atoms with Crippen molar-refractivity contribution < 1.29 is 9.32 Å². The summed E-state index contributed by atoms with van der Waals surface area (Å²) in [6.45, 7) is 2.54. The van der Waals surface area contributed by atoms with E-state index in [0.717, 1.165) is 11.1 Å². The van der Waals surface area contributed by atoms with E-state index in [2.05, 4.69) is 22.3 Å². The number of nitrogens with zero attached hydrogens (tertiary/aromatic N) is 1. The molecule has 20 heavy (non-hydrogen) atoms. The zero-order chi connectivity index (χ0) is 14.4. The van der Waals surface area contributed by atoms with Gasteiger partial charge in [-0.1, -0.05) is 23.1 Å². The first kappa shape index (κ1) is 13.8. The third kappa shape index (κ3) is 3.46. The molecule has 5 heteroatoms. The lowest BCUT2D eigenvalue weighted by Crippen LogP contribution is -2.22. The van der Waals surface area contributed by atoms with Crippen molar-refractivity contribution in [3.63, 3.8) is 0 Å². The van der Waals surface area contributed by atoms with Gasteiger partial charge in [-0.15, -0.1) is 0 Å². The molecule has 1 aromatic heterocycles. The number of hydrogen-bond acceptors (Lipinski definition) is 4. The summed E-state index contributed by atoms with van der Waals surface area (Å²) in [5, 5.41) is 6.33. The van der Waals surface area contributed by atoms with E-state index in [1.165, 1.54) is 6.20 Å². The molecule has 1 amide bonds. The maximum atomic E-state index is 12.0. The average molecular weight is 269 g/mol. The third-order valence-corrected chi connectivity index (χ3v) is 2.74. The Morgan fingerprint density at radius 3 is 3.00 bits per heavy atom. The Morgan fingerprint density at radius 1 is 1.45 bits per heavy atom. The number of aryl methyl sites for hydroxylation is 1. The summed E-state index contributed by atoms with van der Waals surface area (Å²) >= 11 is 0. The molecule has 0 fully saturated rings. The van der Waals surface area contributed by atoms with E-state index in [4.69, 9.17) is 10.3 Å². The van der Waals surface area contributed by atoms with Crippen molar-refractivity contribution >= 4 is 5.91 Å². The standard InChI is InChI=1S/C15H15N3O2/c1-11-4-5-13(9-12(11)3-2-7-16)15(19)17-10-14-6-8-18-20-14/h4-6,8-9H,7,10,16H2,1H3,(H,17,19). The first-order chi connectivity index (χ1) is 9.70. The predicted octanol–water partition coefficient (Wildman–Crippen LogP) is 1.22. The van der Waals surface area contributed by atoms with Crippen molar-refractivity contribution in [3.8, 4) is 11.8 Å². The zero-order valence-electron chi connectivity index (χ0n) is 11.1. The van der Waals surface area contributed by atoms with Crippen molar-refractivity contribution in [1.82, 2.24) is 10.5 Å². The molecule has 0 atom stereocenters. The van der Waals surface area contributed by atoms with Crippen LogP contribution in [0, 0.1) is 18.8 Å². The number of benzene rings is 1. The van der Waals surface area contributed by atoms with E-state index in [0.29, 0.717) is 24.4 Å². The predicted molar refractivity (Wildman–Crippen MR) is 74.8 cm³/mol. The lowest BCUT2D eigenvalue weighted by Gasteiger charge is -2.05. The molecule has 2 aromatic rings. The van der Waals surface area contributed by atoms with Gasteiger partial charge in [-0.05, 0) is 24.6 Å². The highest BCUT2D eigenvalue weighted by molar-refractivity contribution is 5.94. The molecule has 0 spiro atoms. The third-order valence-electron chi connectivity index (χ3n) is 2.74. The monoisotopic (exact) mass is 269 g/mol. The number of amides is 1. The molecule has 1 heterocycles. The van der Waals surface area contributed by atoms with E-state index in [9.17, 15) is 4.79 Å². The first-order valence-corrected chi connectivity index (χ1v) is 6.18. The molecule has 1 aromatic carbocycles. The van der Waals surface area contributed by atoms with Crippen molar-refractivity contribution in [3.05, 3.63) is 52.9 Å². The number of nitrogens with one attached hydrogen (secondary N) is 1. The Balaban J connectivity index is 2.09. The van der Waals surface area contributed by atoms with Gasteiger partial charge in [0.15, 0.2) is 5.76 Å². The van der Waals surface area contributed by atoms with Crippen molar-refractivity contribution in [2.24, 2.45) is 5.73 Å². The van der Waals surface area contributed by atoms with Crippen LogP contribution in [0.4, 0.5) is 0 Å². The van der Waals surface area contributed by atoms with Crippen LogP contribution in [0.3, 0.4) is 0 Å². The topological polar surface area (TPSA) is 81.2 Å². The summed E-state index contributed by atoms with van der Waals surface area (Å²) < 4.78 is 4.91. The number of carbonyl (C=O) groups excluding carboxylic acids is 1. The fraction of sp³-hybridized carbons (Fsp3) is 0.200. The molecule has 3 N–H and O–H groups in total. The quantitative estimate of drug-likeness (QED) is 0.821. The number of aromatic nitrogens is 1. The minimum atomic E-state index is -0.183. The van der Waals surface area contributed by atoms with Gasteiger partial charge < -0.3 is 15.6 Å².